The third-order valence-corrected chi connectivity index (χ3v) is 4.29. The van der Waals surface area contributed by atoms with Crippen LogP contribution in [0.25, 0.3) is 0 Å². The molecule has 0 saturated carbocycles. The molecule has 0 bridgehead atoms. The molecule has 0 radical (unpaired) electrons. The van der Waals surface area contributed by atoms with Gasteiger partial charge in [-0.25, -0.2) is 0 Å². The first-order valence-corrected chi connectivity index (χ1v) is 8.17. The van der Waals surface area contributed by atoms with Gasteiger partial charge in [0.1, 0.15) is 0 Å². The van der Waals surface area contributed by atoms with E-state index in [1.54, 1.807) is 7.11 Å². The lowest BCUT2D eigenvalue weighted by Gasteiger charge is -2.27. The van der Waals surface area contributed by atoms with E-state index < -0.39 is 0 Å². The van der Waals surface area contributed by atoms with Crippen LogP contribution < -0.4 is 5.32 Å². The first kappa shape index (κ1) is 17.7. The van der Waals surface area contributed by atoms with E-state index in [0.717, 1.165) is 23.9 Å². The van der Waals surface area contributed by atoms with Gasteiger partial charge in [0.05, 0.1) is 5.60 Å². The highest BCUT2D eigenvalue weighted by atomic mass is 79.9. The maximum absolute atomic E-state index is 5.54. The van der Waals surface area contributed by atoms with E-state index in [-0.39, 0.29) is 5.60 Å². The summed E-state index contributed by atoms with van der Waals surface area (Å²) in [5, 5.41) is 3.56. The largest absolute Gasteiger partial charge is 0.379 e. The molecule has 0 aromatic heterocycles. The average Bonchev–Trinajstić information content (AvgIpc) is 2.40. The minimum Gasteiger partial charge on any atom is -0.379 e. The summed E-state index contributed by atoms with van der Waals surface area (Å²) < 4.78 is 6.67. The zero-order valence-corrected chi connectivity index (χ0v) is 15.0. The number of benzene rings is 1. The quantitative estimate of drug-likeness (QED) is 0.737. The Morgan fingerprint density at radius 3 is 2.30 bits per heavy atom. The highest BCUT2D eigenvalue weighted by molar-refractivity contribution is 9.10. The summed E-state index contributed by atoms with van der Waals surface area (Å²) in [6.45, 7) is 9.71. The van der Waals surface area contributed by atoms with Crippen molar-refractivity contribution in [3.8, 4) is 0 Å². The molecule has 0 aliphatic carbocycles. The van der Waals surface area contributed by atoms with Crippen LogP contribution in [-0.2, 0) is 4.74 Å². The maximum Gasteiger partial charge on any atom is 0.0623 e. The zero-order chi connectivity index (χ0) is 15.2. The Hall–Kier alpha value is -0.380. The SMILES string of the molecule is COC(C)(C)CCC(CNC(C)C)c1ccc(Br)cc1. The highest BCUT2D eigenvalue weighted by Crippen LogP contribution is 2.27. The highest BCUT2D eigenvalue weighted by Gasteiger charge is 2.20. The predicted octanol–water partition coefficient (Wildman–Crippen LogP) is 4.74. The molecular formula is C17H28BrNO. The number of hydrogen-bond donors (Lipinski definition) is 1. The summed E-state index contributed by atoms with van der Waals surface area (Å²) in [4.78, 5) is 0. The smallest absolute Gasteiger partial charge is 0.0623 e. The van der Waals surface area contributed by atoms with Gasteiger partial charge in [0.2, 0.25) is 0 Å². The number of rotatable bonds is 8. The topological polar surface area (TPSA) is 21.3 Å². The van der Waals surface area contributed by atoms with Crippen molar-refractivity contribution < 1.29 is 4.74 Å². The molecule has 1 unspecified atom stereocenters. The van der Waals surface area contributed by atoms with Crippen molar-refractivity contribution in [3.63, 3.8) is 0 Å². The zero-order valence-electron chi connectivity index (χ0n) is 13.4. The molecule has 0 aliphatic heterocycles. The average molecular weight is 342 g/mol. The van der Waals surface area contributed by atoms with Crippen LogP contribution in [-0.4, -0.2) is 25.3 Å². The molecule has 1 aromatic rings. The monoisotopic (exact) mass is 341 g/mol. The lowest BCUT2D eigenvalue weighted by atomic mass is 9.89. The van der Waals surface area contributed by atoms with E-state index in [2.05, 4.69) is 73.2 Å². The van der Waals surface area contributed by atoms with Crippen molar-refractivity contribution in [1.82, 2.24) is 5.32 Å². The first-order valence-electron chi connectivity index (χ1n) is 7.38. The molecule has 114 valence electrons. The van der Waals surface area contributed by atoms with Gasteiger partial charge in [0.25, 0.3) is 0 Å². The fourth-order valence-corrected chi connectivity index (χ4v) is 2.39. The summed E-state index contributed by atoms with van der Waals surface area (Å²) in [6.07, 6.45) is 2.19. The van der Waals surface area contributed by atoms with Crippen molar-refractivity contribution in [2.75, 3.05) is 13.7 Å². The van der Waals surface area contributed by atoms with Gasteiger partial charge < -0.3 is 10.1 Å². The van der Waals surface area contributed by atoms with Gasteiger partial charge in [-0.05, 0) is 50.3 Å². The fourth-order valence-electron chi connectivity index (χ4n) is 2.12. The van der Waals surface area contributed by atoms with Crippen LogP contribution in [0.5, 0.6) is 0 Å². The Morgan fingerprint density at radius 1 is 1.20 bits per heavy atom. The molecule has 3 heteroatoms. The molecule has 1 N–H and O–H groups in total. The molecule has 1 rings (SSSR count). The van der Waals surface area contributed by atoms with Crippen LogP contribution >= 0.6 is 15.9 Å². The molecule has 0 heterocycles. The van der Waals surface area contributed by atoms with E-state index in [1.807, 2.05) is 0 Å². The molecule has 20 heavy (non-hydrogen) atoms. The maximum atomic E-state index is 5.54. The Bertz CT molecular complexity index is 386. The van der Waals surface area contributed by atoms with Gasteiger partial charge in [0, 0.05) is 24.2 Å². The molecular weight excluding hydrogens is 314 g/mol. The number of methoxy groups -OCH3 is 1. The third-order valence-electron chi connectivity index (χ3n) is 3.76. The molecule has 0 aliphatic rings. The van der Waals surface area contributed by atoms with Gasteiger partial charge in [-0.2, -0.15) is 0 Å². The minimum atomic E-state index is -0.0502. The van der Waals surface area contributed by atoms with Crippen molar-refractivity contribution in [2.45, 2.75) is 58.1 Å². The van der Waals surface area contributed by atoms with Crippen LogP contribution in [0.15, 0.2) is 28.7 Å². The molecule has 1 atom stereocenters. The van der Waals surface area contributed by atoms with E-state index in [0.29, 0.717) is 12.0 Å². The Balaban J connectivity index is 2.72. The van der Waals surface area contributed by atoms with Crippen LogP contribution in [0.4, 0.5) is 0 Å². The summed E-state index contributed by atoms with van der Waals surface area (Å²) in [5.41, 5.74) is 1.35. The Morgan fingerprint density at radius 2 is 1.80 bits per heavy atom. The Kier molecular flexibility index (Phi) is 7.21. The standard InChI is InChI=1S/C17H28BrNO/c1-13(2)19-12-15(10-11-17(3,4)20-5)14-6-8-16(18)9-7-14/h6-9,13,15,19H,10-12H2,1-5H3. The van der Waals surface area contributed by atoms with E-state index >= 15 is 0 Å². The van der Waals surface area contributed by atoms with Gasteiger partial charge in [-0.15, -0.1) is 0 Å². The fraction of sp³-hybridized carbons (Fsp3) is 0.647. The van der Waals surface area contributed by atoms with E-state index in [4.69, 9.17) is 4.74 Å². The summed E-state index contributed by atoms with van der Waals surface area (Å²) in [7, 11) is 1.79. The molecule has 0 fully saturated rings. The Labute approximate surface area is 132 Å². The van der Waals surface area contributed by atoms with Crippen molar-refractivity contribution >= 4 is 15.9 Å². The van der Waals surface area contributed by atoms with Crippen molar-refractivity contribution in [2.24, 2.45) is 0 Å². The van der Waals surface area contributed by atoms with Gasteiger partial charge >= 0.3 is 0 Å². The second kappa shape index (κ2) is 8.16. The lowest BCUT2D eigenvalue weighted by molar-refractivity contribution is 0.0124. The number of hydrogen-bond acceptors (Lipinski definition) is 2. The minimum absolute atomic E-state index is 0.0502. The second-order valence-electron chi connectivity index (χ2n) is 6.31. The second-order valence-corrected chi connectivity index (χ2v) is 7.23. The third kappa shape index (κ3) is 6.38. The lowest BCUT2D eigenvalue weighted by Crippen LogP contribution is -2.30. The van der Waals surface area contributed by atoms with E-state index in [1.165, 1.54) is 5.56 Å². The normalized spacial score (nSPS) is 13.8. The van der Waals surface area contributed by atoms with Crippen LogP contribution in [0.1, 0.15) is 52.0 Å². The van der Waals surface area contributed by atoms with E-state index in [9.17, 15) is 0 Å². The van der Waals surface area contributed by atoms with Gasteiger partial charge in [0.15, 0.2) is 0 Å². The molecule has 0 amide bonds. The molecule has 0 spiro atoms. The number of nitrogens with one attached hydrogen (secondary N) is 1. The summed E-state index contributed by atoms with van der Waals surface area (Å²) in [6, 6.07) is 9.20. The van der Waals surface area contributed by atoms with Crippen molar-refractivity contribution in [3.05, 3.63) is 34.3 Å². The molecule has 2 nitrogen and oxygen atoms in total. The molecule has 0 saturated heterocycles. The predicted molar refractivity (Wildman–Crippen MR) is 90.3 cm³/mol. The summed E-state index contributed by atoms with van der Waals surface area (Å²) in [5.74, 6) is 0.528. The first-order chi connectivity index (χ1) is 9.34. The van der Waals surface area contributed by atoms with Crippen LogP contribution in [0.2, 0.25) is 0 Å². The van der Waals surface area contributed by atoms with Crippen LogP contribution in [0.3, 0.4) is 0 Å². The molecule has 1 aromatic carbocycles. The number of ether oxygens (including phenoxy) is 1. The van der Waals surface area contributed by atoms with Crippen LogP contribution in [0, 0.1) is 0 Å². The van der Waals surface area contributed by atoms with Crippen molar-refractivity contribution in [1.29, 1.82) is 0 Å². The van der Waals surface area contributed by atoms with Gasteiger partial charge in [-0.3, -0.25) is 0 Å². The summed E-state index contributed by atoms with van der Waals surface area (Å²) >= 11 is 3.50. The van der Waals surface area contributed by atoms with Gasteiger partial charge in [-0.1, -0.05) is 41.9 Å². The number of halogens is 1.